The Morgan fingerprint density at radius 3 is 2.88 bits per heavy atom. The fourth-order valence-electron chi connectivity index (χ4n) is 2.24. The molecular weight excluding hydrogens is 222 g/mol. The van der Waals surface area contributed by atoms with Crippen molar-refractivity contribution >= 4 is 11.8 Å². The van der Waals surface area contributed by atoms with Crippen molar-refractivity contribution in [2.75, 3.05) is 13.1 Å². The van der Waals surface area contributed by atoms with Crippen LogP contribution in [0.15, 0.2) is 30.3 Å². The minimum absolute atomic E-state index is 0.454. The summed E-state index contributed by atoms with van der Waals surface area (Å²) in [5.74, 6) is 0. The van der Waals surface area contributed by atoms with E-state index in [-0.39, 0.29) is 0 Å². The Bertz CT molecular complexity index is 302. The summed E-state index contributed by atoms with van der Waals surface area (Å²) < 4.78 is 0. The van der Waals surface area contributed by atoms with Gasteiger partial charge < -0.3 is 0 Å². The minimum atomic E-state index is 0.454. The molecule has 0 radical (unpaired) electrons. The van der Waals surface area contributed by atoms with E-state index in [0.717, 1.165) is 13.1 Å². The Morgan fingerprint density at radius 2 is 2.12 bits per heavy atom. The van der Waals surface area contributed by atoms with E-state index >= 15 is 0 Å². The second-order valence-corrected chi connectivity index (χ2v) is 4.49. The van der Waals surface area contributed by atoms with Gasteiger partial charge in [-0.05, 0) is 36.7 Å². The van der Waals surface area contributed by atoms with Crippen LogP contribution < -0.4 is 10.4 Å². The van der Waals surface area contributed by atoms with Crippen LogP contribution in [0.5, 0.6) is 0 Å². The normalized spacial score (nSPS) is 22.2. The predicted octanol–water partition coefficient (Wildman–Crippen LogP) is 1.90. The summed E-state index contributed by atoms with van der Waals surface area (Å²) in [4.78, 5) is 4.98. The molecule has 1 fully saturated rings. The van der Waals surface area contributed by atoms with Gasteiger partial charge in [0.05, 0.1) is 0 Å². The number of halogens is 1. The smallest absolute Gasteiger partial charge is 0.0353 e. The summed E-state index contributed by atoms with van der Waals surface area (Å²) >= 11 is 5.46. The molecule has 0 saturated carbocycles. The quantitative estimate of drug-likeness (QED) is 0.621. The molecule has 2 rings (SSSR count). The monoisotopic (exact) mass is 239 g/mol. The van der Waals surface area contributed by atoms with Crippen LogP contribution in [0.25, 0.3) is 0 Å². The minimum Gasteiger partial charge on any atom is -0.297 e. The summed E-state index contributed by atoms with van der Waals surface area (Å²) in [7, 11) is 0. The molecule has 4 heteroatoms. The fourth-order valence-corrected chi connectivity index (χ4v) is 2.39. The van der Waals surface area contributed by atoms with E-state index in [0.29, 0.717) is 6.04 Å². The molecule has 0 spiro atoms. The highest BCUT2D eigenvalue weighted by Crippen LogP contribution is 2.13. The van der Waals surface area contributed by atoms with Crippen LogP contribution >= 0.6 is 11.8 Å². The Labute approximate surface area is 102 Å². The van der Waals surface area contributed by atoms with Crippen LogP contribution in [-0.4, -0.2) is 24.0 Å². The molecule has 0 aliphatic carbocycles. The number of piperidine rings is 1. The van der Waals surface area contributed by atoms with Crippen molar-refractivity contribution in [1.29, 1.82) is 0 Å². The van der Waals surface area contributed by atoms with Crippen LogP contribution in [-0.2, 0) is 6.54 Å². The molecular formula is C12H18ClN3. The molecule has 0 amide bonds. The maximum absolute atomic E-state index is 5.46. The first-order valence-corrected chi connectivity index (χ1v) is 6.14. The van der Waals surface area contributed by atoms with Gasteiger partial charge in [0.25, 0.3) is 0 Å². The Hall–Kier alpha value is -0.610. The van der Waals surface area contributed by atoms with E-state index in [1.54, 1.807) is 0 Å². The number of likely N-dealkylation sites (tertiary alicyclic amines) is 1. The van der Waals surface area contributed by atoms with Gasteiger partial charge >= 0.3 is 0 Å². The summed E-state index contributed by atoms with van der Waals surface area (Å²) in [6.45, 7) is 3.26. The molecule has 0 aromatic heterocycles. The van der Waals surface area contributed by atoms with Gasteiger partial charge in [-0.2, -0.15) is 4.94 Å². The van der Waals surface area contributed by atoms with E-state index in [9.17, 15) is 0 Å². The molecule has 1 aliphatic heterocycles. The van der Waals surface area contributed by atoms with Gasteiger partial charge in [-0.1, -0.05) is 30.3 Å². The van der Waals surface area contributed by atoms with Crippen molar-refractivity contribution < 1.29 is 0 Å². The number of nitrogens with zero attached hydrogens (tertiary/aromatic N) is 1. The highest BCUT2D eigenvalue weighted by atomic mass is 35.5. The zero-order chi connectivity index (χ0) is 11.2. The topological polar surface area (TPSA) is 27.3 Å². The molecule has 1 saturated heterocycles. The van der Waals surface area contributed by atoms with Crippen molar-refractivity contribution in [2.45, 2.75) is 25.4 Å². The van der Waals surface area contributed by atoms with Crippen molar-refractivity contribution in [3.63, 3.8) is 0 Å². The van der Waals surface area contributed by atoms with Gasteiger partial charge in [0.2, 0.25) is 0 Å². The Kier molecular flexibility index (Phi) is 4.60. The lowest BCUT2D eigenvalue weighted by Gasteiger charge is -2.32. The molecule has 1 aromatic rings. The van der Waals surface area contributed by atoms with Crippen molar-refractivity contribution in [3.8, 4) is 0 Å². The lowest BCUT2D eigenvalue weighted by atomic mass is 10.1. The number of hydrazine groups is 1. The molecule has 1 aliphatic rings. The molecule has 2 N–H and O–H groups in total. The summed E-state index contributed by atoms with van der Waals surface area (Å²) in [6, 6.07) is 11.1. The zero-order valence-corrected chi connectivity index (χ0v) is 10.1. The second kappa shape index (κ2) is 6.21. The number of rotatable bonds is 4. The van der Waals surface area contributed by atoms with Gasteiger partial charge in [0.1, 0.15) is 0 Å². The summed E-state index contributed by atoms with van der Waals surface area (Å²) in [5, 5.41) is 0. The number of benzene rings is 1. The van der Waals surface area contributed by atoms with Gasteiger partial charge in [-0.15, -0.1) is 0 Å². The van der Waals surface area contributed by atoms with Crippen molar-refractivity contribution in [1.82, 2.24) is 15.3 Å². The average molecular weight is 240 g/mol. The number of nitrogens with one attached hydrogen (secondary N) is 2. The average Bonchev–Trinajstić information content (AvgIpc) is 2.31. The fraction of sp³-hybridized carbons (Fsp3) is 0.500. The van der Waals surface area contributed by atoms with E-state index in [1.165, 1.54) is 24.9 Å². The molecule has 1 aromatic carbocycles. The standard InChI is InChI=1S/C12H18ClN3/c13-15-14-12-7-4-8-16(10-12)9-11-5-2-1-3-6-11/h1-3,5-6,12,14-15H,4,7-10H2. The third-order valence-corrected chi connectivity index (χ3v) is 3.12. The van der Waals surface area contributed by atoms with E-state index in [4.69, 9.17) is 11.8 Å². The number of hydrogen-bond acceptors (Lipinski definition) is 3. The first-order chi connectivity index (χ1) is 7.88. The predicted molar refractivity (Wildman–Crippen MR) is 66.9 cm³/mol. The third kappa shape index (κ3) is 3.46. The van der Waals surface area contributed by atoms with Crippen LogP contribution in [0.4, 0.5) is 0 Å². The molecule has 1 heterocycles. The zero-order valence-electron chi connectivity index (χ0n) is 9.32. The highest BCUT2D eigenvalue weighted by molar-refractivity contribution is 6.13. The Balaban J connectivity index is 1.85. The highest BCUT2D eigenvalue weighted by Gasteiger charge is 2.18. The maximum Gasteiger partial charge on any atom is 0.0353 e. The van der Waals surface area contributed by atoms with E-state index in [2.05, 4.69) is 45.6 Å². The van der Waals surface area contributed by atoms with Gasteiger partial charge in [-0.25, -0.2) is 5.43 Å². The van der Waals surface area contributed by atoms with E-state index < -0.39 is 0 Å². The molecule has 0 bridgehead atoms. The molecule has 88 valence electrons. The van der Waals surface area contributed by atoms with Crippen LogP contribution in [0.3, 0.4) is 0 Å². The first-order valence-electron chi connectivity index (χ1n) is 5.76. The maximum atomic E-state index is 5.46. The summed E-state index contributed by atoms with van der Waals surface area (Å²) in [5.41, 5.74) is 4.45. The molecule has 16 heavy (non-hydrogen) atoms. The SMILES string of the molecule is ClNNC1CCCN(Cc2ccccc2)C1. The van der Waals surface area contributed by atoms with Crippen molar-refractivity contribution in [3.05, 3.63) is 35.9 Å². The van der Waals surface area contributed by atoms with Gasteiger partial charge in [0, 0.05) is 19.1 Å². The van der Waals surface area contributed by atoms with Gasteiger partial charge in [-0.3, -0.25) is 4.90 Å². The number of hydrogen-bond donors (Lipinski definition) is 2. The largest absolute Gasteiger partial charge is 0.297 e. The molecule has 1 unspecified atom stereocenters. The Morgan fingerprint density at radius 1 is 1.31 bits per heavy atom. The lowest BCUT2D eigenvalue weighted by molar-refractivity contribution is 0.180. The van der Waals surface area contributed by atoms with Crippen molar-refractivity contribution in [2.24, 2.45) is 0 Å². The van der Waals surface area contributed by atoms with Crippen LogP contribution in [0, 0.1) is 0 Å². The van der Waals surface area contributed by atoms with Crippen LogP contribution in [0.2, 0.25) is 0 Å². The van der Waals surface area contributed by atoms with Gasteiger partial charge in [0.15, 0.2) is 0 Å². The second-order valence-electron chi connectivity index (χ2n) is 4.30. The van der Waals surface area contributed by atoms with Crippen LogP contribution in [0.1, 0.15) is 18.4 Å². The first kappa shape index (κ1) is 11.9. The van der Waals surface area contributed by atoms with E-state index in [1.807, 2.05) is 0 Å². The lowest BCUT2D eigenvalue weighted by Crippen LogP contribution is -2.47. The third-order valence-electron chi connectivity index (χ3n) is 3.01. The summed E-state index contributed by atoms with van der Waals surface area (Å²) in [6.07, 6.45) is 2.41. The molecule has 1 atom stereocenters. The molecule has 3 nitrogen and oxygen atoms in total.